The number of hydrogen-bond donors (Lipinski definition) is 1. The minimum atomic E-state index is 0.838. The first-order valence-electron chi connectivity index (χ1n) is 14.1. The lowest BCUT2D eigenvalue weighted by molar-refractivity contribution is 0.669. The molecule has 0 saturated carbocycles. The third-order valence-electron chi connectivity index (χ3n) is 8.42. The Kier molecular flexibility index (Phi) is 4.75. The van der Waals surface area contributed by atoms with Crippen LogP contribution in [-0.2, 0) is 7.05 Å². The van der Waals surface area contributed by atoms with Gasteiger partial charge in [-0.25, -0.2) is 4.98 Å². The summed E-state index contributed by atoms with van der Waals surface area (Å²) in [5, 5.41) is 4.58. The molecule has 0 saturated heterocycles. The number of benzene rings is 5. The van der Waals surface area contributed by atoms with Crippen molar-refractivity contribution in [3.05, 3.63) is 121 Å². The number of rotatable bonds is 3. The van der Waals surface area contributed by atoms with Crippen LogP contribution in [0.4, 0.5) is 0 Å². The van der Waals surface area contributed by atoms with E-state index in [0.717, 1.165) is 77.8 Å². The summed E-state index contributed by atoms with van der Waals surface area (Å²) in [6.07, 6.45) is 1.84. The topological polar surface area (TPSA) is 59.6 Å². The monoisotopic (exact) mass is 540 g/mol. The second kappa shape index (κ2) is 8.66. The number of hydrogen-bond acceptors (Lipinski definition) is 3. The van der Waals surface area contributed by atoms with Gasteiger partial charge in [-0.3, -0.25) is 4.98 Å². The molecule has 5 aromatic carbocycles. The molecular weight excluding hydrogens is 516 g/mol. The maximum absolute atomic E-state index is 6.41. The number of aromatic nitrogens is 4. The molecule has 4 aromatic heterocycles. The number of aryl methyl sites for hydroxylation is 1. The van der Waals surface area contributed by atoms with Gasteiger partial charge in [0, 0.05) is 57.0 Å². The van der Waals surface area contributed by atoms with Gasteiger partial charge in [-0.15, -0.1) is 0 Å². The number of nitrogens with one attached hydrogen (secondary N) is 1. The molecule has 0 spiro atoms. The van der Waals surface area contributed by atoms with Gasteiger partial charge in [-0.2, -0.15) is 0 Å². The predicted octanol–water partition coefficient (Wildman–Crippen LogP) is 9.50. The number of nitrogens with zero attached hydrogens (tertiary/aromatic N) is 3. The summed E-state index contributed by atoms with van der Waals surface area (Å²) in [5.74, 6) is 0.921. The first-order chi connectivity index (χ1) is 20.7. The van der Waals surface area contributed by atoms with Crippen LogP contribution in [0, 0.1) is 0 Å². The van der Waals surface area contributed by atoms with Gasteiger partial charge >= 0.3 is 0 Å². The van der Waals surface area contributed by atoms with Crippen LogP contribution in [0.25, 0.3) is 88.5 Å². The molecule has 9 rings (SSSR count). The fourth-order valence-electron chi connectivity index (χ4n) is 6.48. The van der Waals surface area contributed by atoms with Gasteiger partial charge in [0.25, 0.3) is 0 Å². The average molecular weight is 541 g/mol. The van der Waals surface area contributed by atoms with Crippen LogP contribution >= 0.6 is 0 Å². The molecule has 9 aromatic rings. The first kappa shape index (κ1) is 23.1. The summed E-state index contributed by atoms with van der Waals surface area (Å²) < 4.78 is 8.60. The molecule has 0 atom stereocenters. The van der Waals surface area contributed by atoms with E-state index in [0.29, 0.717) is 0 Å². The third kappa shape index (κ3) is 3.25. The van der Waals surface area contributed by atoms with E-state index in [1.54, 1.807) is 0 Å². The van der Waals surface area contributed by atoms with Gasteiger partial charge in [0.2, 0.25) is 0 Å². The largest absolute Gasteiger partial charge is 0.456 e. The maximum Gasteiger partial charge on any atom is 0.143 e. The predicted molar refractivity (Wildman–Crippen MR) is 171 cm³/mol. The van der Waals surface area contributed by atoms with Crippen molar-refractivity contribution >= 4 is 54.8 Å². The van der Waals surface area contributed by atoms with Gasteiger partial charge in [-0.1, -0.05) is 66.7 Å². The quantitative estimate of drug-likeness (QED) is 0.243. The van der Waals surface area contributed by atoms with Crippen LogP contribution < -0.4 is 0 Å². The number of fused-ring (bicyclic) bond motifs is 7. The van der Waals surface area contributed by atoms with Gasteiger partial charge in [0.1, 0.15) is 17.0 Å². The fraction of sp³-hybridized carbons (Fsp3) is 0.0270. The molecule has 0 radical (unpaired) electrons. The Morgan fingerprint density at radius 3 is 2.36 bits per heavy atom. The fourth-order valence-corrected chi connectivity index (χ4v) is 6.48. The molecule has 0 aliphatic carbocycles. The zero-order valence-corrected chi connectivity index (χ0v) is 22.8. The summed E-state index contributed by atoms with van der Waals surface area (Å²) in [6.45, 7) is 0. The summed E-state index contributed by atoms with van der Waals surface area (Å²) in [4.78, 5) is 13.7. The van der Waals surface area contributed by atoms with Crippen molar-refractivity contribution in [1.29, 1.82) is 0 Å². The van der Waals surface area contributed by atoms with E-state index in [1.165, 1.54) is 10.8 Å². The summed E-state index contributed by atoms with van der Waals surface area (Å²) in [6, 6.07) is 39.9. The van der Waals surface area contributed by atoms with E-state index in [1.807, 2.05) is 30.5 Å². The lowest BCUT2D eigenvalue weighted by Crippen LogP contribution is -1.93. The van der Waals surface area contributed by atoms with Crippen molar-refractivity contribution < 1.29 is 4.42 Å². The lowest BCUT2D eigenvalue weighted by atomic mass is 9.96. The van der Waals surface area contributed by atoms with Crippen molar-refractivity contribution in [2.75, 3.05) is 0 Å². The van der Waals surface area contributed by atoms with E-state index in [4.69, 9.17) is 14.4 Å². The second-order valence-corrected chi connectivity index (χ2v) is 10.8. The van der Waals surface area contributed by atoms with Crippen molar-refractivity contribution in [2.45, 2.75) is 0 Å². The molecule has 0 aliphatic heterocycles. The number of imidazole rings is 1. The lowest BCUT2D eigenvalue weighted by Gasteiger charge is -2.09. The van der Waals surface area contributed by atoms with Gasteiger partial charge in [0.15, 0.2) is 0 Å². The first-order valence-corrected chi connectivity index (χ1v) is 14.1. The number of para-hydroxylation sites is 4. The highest BCUT2D eigenvalue weighted by molar-refractivity contribution is 6.14. The van der Waals surface area contributed by atoms with Crippen LogP contribution in [0.15, 0.2) is 126 Å². The maximum atomic E-state index is 6.41. The highest BCUT2D eigenvalue weighted by Crippen LogP contribution is 2.41. The Morgan fingerprint density at radius 1 is 0.667 bits per heavy atom. The zero-order chi connectivity index (χ0) is 27.8. The SMILES string of the molecule is Cn1c(-c2cccc3c2[nH]c2ccccc23)nc2c(-c3cc(-c4ccccn4)c4c(c3)oc3ccccc34)cccc21. The Hall–Kier alpha value is -5.68. The Morgan fingerprint density at radius 2 is 1.45 bits per heavy atom. The minimum absolute atomic E-state index is 0.838. The van der Waals surface area contributed by atoms with Crippen LogP contribution in [0.5, 0.6) is 0 Å². The smallest absolute Gasteiger partial charge is 0.143 e. The standard InChI is InChI=1S/C37H24N4O/c1-41-31-17-9-12-23(36(31)40-37(41)27-14-8-13-25-24-10-2-4-16-30(24)39-35(25)27)22-20-28(29-15-6-7-19-38-29)34-26-11-3-5-18-32(26)42-33(34)21-22/h2-21,39H,1H3. The van der Waals surface area contributed by atoms with Crippen molar-refractivity contribution in [3.63, 3.8) is 0 Å². The molecule has 5 nitrogen and oxygen atoms in total. The Labute approximate surface area is 240 Å². The molecule has 1 N–H and O–H groups in total. The normalized spacial score (nSPS) is 11.9. The van der Waals surface area contributed by atoms with E-state index < -0.39 is 0 Å². The summed E-state index contributed by atoms with van der Waals surface area (Å²) >= 11 is 0. The number of pyridine rings is 1. The molecule has 0 bridgehead atoms. The Bertz CT molecular complexity index is 2480. The van der Waals surface area contributed by atoms with E-state index in [9.17, 15) is 0 Å². The van der Waals surface area contributed by atoms with Crippen molar-refractivity contribution in [2.24, 2.45) is 7.05 Å². The van der Waals surface area contributed by atoms with Gasteiger partial charge in [-0.05, 0) is 54.1 Å². The minimum Gasteiger partial charge on any atom is -0.456 e. The molecule has 0 unspecified atom stereocenters. The van der Waals surface area contributed by atoms with Crippen LogP contribution in [-0.4, -0.2) is 19.5 Å². The van der Waals surface area contributed by atoms with Crippen LogP contribution in [0.2, 0.25) is 0 Å². The van der Waals surface area contributed by atoms with Gasteiger partial charge in [0.05, 0.1) is 22.2 Å². The van der Waals surface area contributed by atoms with E-state index in [-0.39, 0.29) is 0 Å². The number of H-pyrrole nitrogens is 1. The van der Waals surface area contributed by atoms with Crippen LogP contribution in [0.1, 0.15) is 0 Å². The second-order valence-electron chi connectivity index (χ2n) is 10.8. The summed E-state index contributed by atoms with van der Waals surface area (Å²) in [7, 11) is 2.09. The third-order valence-corrected chi connectivity index (χ3v) is 8.42. The van der Waals surface area contributed by atoms with Gasteiger partial charge < -0.3 is 14.0 Å². The van der Waals surface area contributed by atoms with Crippen molar-refractivity contribution in [3.8, 4) is 33.8 Å². The zero-order valence-electron chi connectivity index (χ0n) is 22.8. The Balaban J connectivity index is 1.31. The van der Waals surface area contributed by atoms with Crippen LogP contribution in [0.3, 0.4) is 0 Å². The van der Waals surface area contributed by atoms with Crippen molar-refractivity contribution in [1.82, 2.24) is 19.5 Å². The summed E-state index contributed by atoms with van der Waals surface area (Å²) in [5.41, 5.74) is 11.1. The molecule has 5 heteroatoms. The molecule has 0 fully saturated rings. The molecule has 0 amide bonds. The highest BCUT2D eigenvalue weighted by Gasteiger charge is 2.20. The molecule has 42 heavy (non-hydrogen) atoms. The molecule has 0 aliphatic rings. The number of furan rings is 1. The highest BCUT2D eigenvalue weighted by atomic mass is 16.3. The van der Waals surface area contributed by atoms with E-state index >= 15 is 0 Å². The molecular formula is C37H24N4O. The number of aromatic amines is 1. The molecule has 4 heterocycles. The average Bonchev–Trinajstić information content (AvgIpc) is 3.72. The van der Waals surface area contributed by atoms with E-state index in [2.05, 4.69) is 108 Å². The molecule has 198 valence electrons.